The van der Waals surface area contributed by atoms with Crippen LogP contribution in [-0.4, -0.2) is 42.8 Å². The van der Waals surface area contributed by atoms with Gasteiger partial charge in [-0.3, -0.25) is 22.8 Å². The first-order chi connectivity index (χ1) is 38.2. The van der Waals surface area contributed by atoms with E-state index < -0.39 is 0 Å². The minimum absolute atomic E-state index is 0.526. The topological polar surface area (TPSA) is 76.2 Å². The van der Waals surface area contributed by atoms with Crippen LogP contribution in [0.15, 0.2) is 249 Å². The van der Waals surface area contributed by atoms with Crippen LogP contribution in [0.3, 0.4) is 0 Å². The summed E-state index contributed by atoms with van der Waals surface area (Å²) in [7, 11) is 0. The Balaban J connectivity index is 0.851. The van der Waals surface area contributed by atoms with Gasteiger partial charge in [0.25, 0.3) is 0 Å². The molecule has 9 heteroatoms. The van der Waals surface area contributed by atoms with Crippen LogP contribution in [0.1, 0.15) is 0 Å². The average molecular weight is 984 g/mol. The number of hydrogen-bond acceptors (Lipinski definition) is 4. The Morgan fingerprint density at radius 1 is 0.182 bits per heavy atom. The minimum Gasteiger partial charge on any atom is -0.294 e. The van der Waals surface area contributed by atoms with Gasteiger partial charge in [0.15, 0.2) is 0 Å². The molecule has 0 aliphatic carbocycles. The molecule has 9 nitrogen and oxygen atoms in total. The molecule has 17 rings (SSSR count). The van der Waals surface area contributed by atoms with E-state index in [0.29, 0.717) is 17.8 Å². The fourth-order valence-electron chi connectivity index (χ4n) is 12.5. The van der Waals surface area contributed by atoms with Gasteiger partial charge in [-0.15, -0.1) is 0 Å². The van der Waals surface area contributed by atoms with E-state index in [0.717, 1.165) is 116 Å². The second kappa shape index (κ2) is 15.9. The predicted octanol–water partition coefficient (Wildman–Crippen LogP) is 16.4. The monoisotopic (exact) mass is 983 g/mol. The highest BCUT2D eigenvalue weighted by atomic mass is 15.3. The van der Waals surface area contributed by atoms with Gasteiger partial charge >= 0.3 is 0 Å². The lowest BCUT2D eigenvalue weighted by Gasteiger charge is -2.14. The third-order valence-corrected chi connectivity index (χ3v) is 15.8. The fraction of sp³-hybridized carbons (Fsp3) is 0. The van der Waals surface area contributed by atoms with Crippen LogP contribution in [-0.2, 0) is 0 Å². The van der Waals surface area contributed by atoms with E-state index in [2.05, 4.69) is 272 Å². The van der Waals surface area contributed by atoms with Crippen molar-refractivity contribution in [2.24, 2.45) is 0 Å². The Morgan fingerprint density at radius 2 is 0.416 bits per heavy atom. The van der Waals surface area contributed by atoms with Crippen molar-refractivity contribution in [2.75, 3.05) is 0 Å². The van der Waals surface area contributed by atoms with E-state index in [1.54, 1.807) is 0 Å². The van der Waals surface area contributed by atoms with E-state index in [9.17, 15) is 0 Å². The zero-order valence-electron chi connectivity index (χ0n) is 41.2. The summed E-state index contributed by atoms with van der Waals surface area (Å²) in [4.78, 5) is 21.8. The van der Waals surface area contributed by atoms with Crippen LogP contribution in [0.2, 0.25) is 0 Å². The van der Waals surface area contributed by atoms with Crippen molar-refractivity contribution in [2.45, 2.75) is 0 Å². The SMILES string of the molecule is c1cc(-n2c3ccccc3c3ccccc32)nc(-n2c3ccccc3c3cc(-c4ccc5c(c4)c4ccccc4n5-c4nc(-n5c6ccccc6c6ccccc65)nc(-n5c6ccccc6c6ccccc65)n4)ccc32)c1. The zero-order valence-corrected chi connectivity index (χ0v) is 41.2. The standard InChI is InChI=1S/C68H41N9/c1-9-26-54-44(18-1)45-19-2-10-27-55(45)73(54)64-34-17-35-65(69-64)74-56-28-11-7-24-50(56)52-40-42(36-38-62(52)74)43-37-39-63-53(41-43)51-25-8-16-33-61(51)77(63)68-71-66(75-57-29-12-3-20-46(57)47-21-4-13-30-58(47)75)70-67(72-68)76-59-31-14-5-22-48(59)49-23-6-15-32-60(49)76/h1-41H. The van der Waals surface area contributed by atoms with Crippen molar-refractivity contribution in [1.29, 1.82) is 0 Å². The third kappa shape index (κ3) is 5.99. The Bertz CT molecular complexity index is 5020. The number of aromatic nitrogens is 9. The lowest BCUT2D eigenvalue weighted by Crippen LogP contribution is -2.13. The molecule has 0 saturated heterocycles. The first-order valence-electron chi connectivity index (χ1n) is 26.0. The molecule has 0 saturated carbocycles. The van der Waals surface area contributed by atoms with Gasteiger partial charge in [-0.1, -0.05) is 164 Å². The number of fused-ring (bicyclic) bond motifs is 15. The Hall–Kier alpha value is -10.6. The molecule has 0 fully saturated rings. The summed E-state index contributed by atoms with van der Waals surface area (Å²) in [6.45, 7) is 0. The lowest BCUT2D eigenvalue weighted by atomic mass is 10.0. The molecule has 10 aromatic carbocycles. The Kier molecular flexibility index (Phi) is 8.65. The summed E-state index contributed by atoms with van der Waals surface area (Å²) in [6, 6.07) is 88.4. The zero-order chi connectivity index (χ0) is 50.3. The van der Waals surface area contributed by atoms with E-state index in [1.165, 1.54) is 16.2 Å². The second-order valence-corrected chi connectivity index (χ2v) is 19.9. The lowest BCUT2D eigenvalue weighted by molar-refractivity contribution is 0.848. The maximum absolute atomic E-state index is 5.49. The first kappa shape index (κ1) is 41.8. The van der Waals surface area contributed by atoms with Crippen molar-refractivity contribution >= 4 is 109 Å². The highest BCUT2D eigenvalue weighted by Gasteiger charge is 2.24. The highest BCUT2D eigenvalue weighted by molar-refractivity contribution is 6.14. The maximum Gasteiger partial charge on any atom is 0.241 e. The molecule has 0 N–H and O–H groups in total. The normalized spacial score (nSPS) is 12.2. The molecule has 0 unspecified atom stereocenters. The molecule has 17 aromatic rings. The van der Waals surface area contributed by atoms with Gasteiger partial charge in [0.2, 0.25) is 17.8 Å². The van der Waals surface area contributed by atoms with Crippen LogP contribution < -0.4 is 0 Å². The molecule has 7 heterocycles. The summed E-state index contributed by atoms with van der Waals surface area (Å²) in [5.74, 6) is 3.33. The number of para-hydroxylation sites is 8. The summed E-state index contributed by atoms with van der Waals surface area (Å²) >= 11 is 0. The van der Waals surface area contributed by atoms with Gasteiger partial charge in [-0.25, -0.2) is 4.98 Å². The number of benzene rings is 10. The third-order valence-electron chi connectivity index (χ3n) is 15.8. The van der Waals surface area contributed by atoms with Crippen molar-refractivity contribution < 1.29 is 0 Å². The second-order valence-electron chi connectivity index (χ2n) is 19.9. The Morgan fingerprint density at radius 3 is 0.714 bits per heavy atom. The summed E-state index contributed by atoms with van der Waals surface area (Å²) in [5.41, 5.74) is 12.8. The summed E-state index contributed by atoms with van der Waals surface area (Å²) in [6.07, 6.45) is 0. The van der Waals surface area contributed by atoms with Gasteiger partial charge in [0.1, 0.15) is 11.6 Å². The van der Waals surface area contributed by atoms with Crippen molar-refractivity contribution in [3.63, 3.8) is 0 Å². The molecule has 0 spiro atoms. The van der Waals surface area contributed by atoms with Gasteiger partial charge in [-0.05, 0) is 96.1 Å². The van der Waals surface area contributed by atoms with E-state index >= 15 is 0 Å². The molecule has 358 valence electrons. The van der Waals surface area contributed by atoms with Gasteiger partial charge in [0.05, 0.1) is 55.2 Å². The highest BCUT2D eigenvalue weighted by Crippen LogP contribution is 2.40. The molecule has 0 aliphatic rings. The van der Waals surface area contributed by atoms with Crippen molar-refractivity contribution in [3.8, 4) is 40.6 Å². The molecule has 0 amide bonds. The number of pyridine rings is 1. The van der Waals surface area contributed by atoms with Crippen molar-refractivity contribution in [1.82, 2.24) is 42.8 Å². The fourth-order valence-corrected chi connectivity index (χ4v) is 12.5. The molecule has 77 heavy (non-hydrogen) atoms. The van der Waals surface area contributed by atoms with Gasteiger partial charge < -0.3 is 0 Å². The average Bonchev–Trinajstić information content (AvgIpc) is 4.40. The smallest absolute Gasteiger partial charge is 0.241 e. The van der Waals surface area contributed by atoms with Crippen LogP contribution in [0, 0.1) is 0 Å². The largest absolute Gasteiger partial charge is 0.294 e. The predicted molar refractivity (Wildman–Crippen MR) is 315 cm³/mol. The molecular formula is C68H41N9. The van der Waals surface area contributed by atoms with E-state index in [4.69, 9.17) is 19.9 Å². The number of hydrogen-bond donors (Lipinski definition) is 0. The number of rotatable bonds is 6. The maximum atomic E-state index is 5.49. The first-order valence-corrected chi connectivity index (χ1v) is 26.0. The van der Waals surface area contributed by atoms with Gasteiger partial charge in [0, 0.05) is 53.9 Å². The summed E-state index contributed by atoms with van der Waals surface area (Å²) < 4.78 is 11.2. The van der Waals surface area contributed by atoms with Crippen LogP contribution in [0.25, 0.3) is 150 Å². The van der Waals surface area contributed by atoms with E-state index in [1.807, 2.05) is 0 Å². The molecule has 0 bridgehead atoms. The molecular weight excluding hydrogens is 943 g/mol. The summed E-state index contributed by atoms with van der Waals surface area (Å²) in [5, 5.41) is 11.5. The van der Waals surface area contributed by atoms with Crippen LogP contribution >= 0.6 is 0 Å². The minimum atomic E-state index is 0.526. The van der Waals surface area contributed by atoms with Crippen molar-refractivity contribution in [3.05, 3.63) is 249 Å². The quantitative estimate of drug-likeness (QED) is 0.166. The Labute approximate surface area is 439 Å². The number of nitrogens with zero attached hydrogens (tertiary/aromatic N) is 9. The molecule has 0 atom stereocenters. The van der Waals surface area contributed by atoms with Crippen LogP contribution in [0.4, 0.5) is 0 Å². The van der Waals surface area contributed by atoms with E-state index in [-0.39, 0.29) is 0 Å². The molecule has 0 radical (unpaired) electrons. The molecule has 7 aromatic heterocycles. The van der Waals surface area contributed by atoms with Gasteiger partial charge in [-0.2, -0.15) is 15.0 Å². The molecule has 0 aliphatic heterocycles. The van der Waals surface area contributed by atoms with Crippen LogP contribution in [0.5, 0.6) is 0 Å².